The molecule has 2 N–H and O–H groups in total. The Morgan fingerprint density at radius 2 is 1.75 bits per heavy atom. The predicted molar refractivity (Wildman–Crippen MR) is 79.6 cm³/mol. The van der Waals surface area contributed by atoms with Crippen LogP contribution >= 0.6 is 0 Å². The second-order valence-corrected chi connectivity index (χ2v) is 6.52. The molecule has 0 bridgehead atoms. The van der Waals surface area contributed by atoms with E-state index in [-0.39, 0.29) is 12.1 Å². The summed E-state index contributed by atoms with van der Waals surface area (Å²) in [6.07, 6.45) is 6.25. The lowest BCUT2D eigenvalue weighted by molar-refractivity contribution is 0.106. The molecule has 0 unspecified atom stereocenters. The molecule has 0 aromatic heterocycles. The lowest BCUT2D eigenvalue weighted by Gasteiger charge is -2.35. The van der Waals surface area contributed by atoms with Crippen molar-refractivity contribution in [3.8, 4) is 0 Å². The summed E-state index contributed by atoms with van der Waals surface area (Å²) < 4.78 is 0. The smallest absolute Gasteiger partial charge is 0.319 e. The standard InChI is InChI=1S/C15H29N3O2/c1-17(2)15(20)18-9-7-13(8-10-18)16-11-12-3-5-14(19)6-4-12/h12-14,16,19H,3-11H2,1-2H3. The van der Waals surface area contributed by atoms with Gasteiger partial charge < -0.3 is 20.2 Å². The van der Waals surface area contributed by atoms with Crippen molar-refractivity contribution in [3.05, 3.63) is 0 Å². The van der Waals surface area contributed by atoms with Crippen molar-refractivity contribution in [3.63, 3.8) is 0 Å². The third-order valence-corrected chi connectivity index (χ3v) is 4.66. The van der Waals surface area contributed by atoms with Gasteiger partial charge in [0.25, 0.3) is 0 Å². The molecule has 0 atom stereocenters. The maximum absolute atomic E-state index is 11.8. The van der Waals surface area contributed by atoms with E-state index in [2.05, 4.69) is 5.32 Å². The highest BCUT2D eigenvalue weighted by Crippen LogP contribution is 2.24. The minimum absolute atomic E-state index is 0.0634. The van der Waals surface area contributed by atoms with Crippen LogP contribution in [-0.4, -0.2) is 66.8 Å². The van der Waals surface area contributed by atoms with E-state index in [4.69, 9.17) is 0 Å². The first-order chi connectivity index (χ1) is 9.56. The van der Waals surface area contributed by atoms with Crippen molar-refractivity contribution in [2.24, 2.45) is 5.92 Å². The third-order valence-electron chi connectivity index (χ3n) is 4.66. The highest BCUT2D eigenvalue weighted by molar-refractivity contribution is 5.73. The average molecular weight is 283 g/mol. The van der Waals surface area contributed by atoms with Crippen LogP contribution in [0.15, 0.2) is 0 Å². The second kappa shape index (κ2) is 7.27. The van der Waals surface area contributed by atoms with Crippen LogP contribution in [0.4, 0.5) is 4.79 Å². The molecule has 1 aliphatic carbocycles. The summed E-state index contributed by atoms with van der Waals surface area (Å²) in [6.45, 7) is 2.79. The number of aliphatic hydroxyl groups is 1. The zero-order valence-corrected chi connectivity index (χ0v) is 12.8. The molecule has 1 aliphatic heterocycles. The number of aliphatic hydroxyl groups excluding tert-OH is 1. The number of nitrogens with zero attached hydrogens (tertiary/aromatic N) is 2. The number of carbonyl (C=O) groups excluding carboxylic acids is 1. The molecular formula is C15H29N3O2. The minimum atomic E-state index is -0.0634. The van der Waals surface area contributed by atoms with Gasteiger partial charge in [-0.3, -0.25) is 0 Å². The van der Waals surface area contributed by atoms with Crippen LogP contribution in [0.5, 0.6) is 0 Å². The van der Waals surface area contributed by atoms with Gasteiger partial charge in [0.05, 0.1) is 6.10 Å². The van der Waals surface area contributed by atoms with E-state index in [0.29, 0.717) is 6.04 Å². The lowest BCUT2D eigenvalue weighted by Crippen LogP contribution is -2.48. The Bertz CT molecular complexity index is 306. The van der Waals surface area contributed by atoms with Gasteiger partial charge in [-0.25, -0.2) is 4.79 Å². The summed E-state index contributed by atoms with van der Waals surface area (Å²) in [5, 5.41) is 13.2. The summed E-state index contributed by atoms with van der Waals surface area (Å²) in [4.78, 5) is 15.4. The number of nitrogens with one attached hydrogen (secondary N) is 1. The molecule has 20 heavy (non-hydrogen) atoms. The summed E-state index contributed by atoms with van der Waals surface area (Å²) in [7, 11) is 3.62. The first kappa shape index (κ1) is 15.6. The van der Waals surface area contributed by atoms with Gasteiger partial charge in [0.1, 0.15) is 0 Å². The van der Waals surface area contributed by atoms with E-state index in [1.165, 1.54) is 0 Å². The number of hydrogen-bond donors (Lipinski definition) is 2. The number of rotatable bonds is 3. The highest BCUT2D eigenvalue weighted by atomic mass is 16.3. The van der Waals surface area contributed by atoms with Crippen LogP contribution in [0.3, 0.4) is 0 Å². The molecule has 2 aliphatic rings. The lowest BCUT2D eigenvalue weighted by atomic mass is 9.87. The molecule has 5 heteroatoms. The van der Waals surface area contributed by atoms with Crippen molar-refractivity contribution in [2.45, 2.75) is 50.7 Å². The summed E-state index contributed by atoms with van der Waals surface area (Å²) >= 11 is 0. The zero-order chi connectivity index (χ0) is 14.5. The largest absolute Gasteiger partial charge is 0.393 e. The fraction of sp³-hybridized carbons (Fsp3) is 0.933. The van der Waals surface area contributed by atoms with Crippen LogP contribution < -0.4 is 5.32 Å². The molecule has 0 aromatic carbocycles. The normalized spacial score (nSPS) is 28.4. The Labute approximate surface area is 122 Å². The minimum Gasteiger partial charge on any atom is -0.393 e. The maximum Gasteiger partial charge on any atom is 0.319 e. The van der Waals surface area contributed by atoms with Gasteiger partial charge in [-0.1, -0.05) is 0 Å². The van der Waals surface area contributed by atoms with Gasteiger partial charge in [-0.05, 0) is 51.0 Å². The van der Waals surface area contributed by atoms with Crippen LogP contribution in [0.25, 0.3) is 0 Å². The van der Waals surface area contributed by atoms with E-state index < -0.39 is 0 Å². The van der Waals surface area contributed by atoms with Gasteiger partial charge >= 0.3 is 6.03 Å². The molecule has 2 amide bonds. The number of carbonyl (C=O) groups is 1. The molecule has 1 saturated carbocycles. The van der Waals surface area contributed by atoms with Crippen molar-refractivity contribution in [1.29, 1.82) is 0 Å². The molecule has 0 spiro atoms. The Morgan fingerprint density at radius 1 is 1.15 bits per heavy atom. The number of piperidine rings is 1. The van der Waals surface area contributed by atoms with Gasteiger partial charge in [-0.2, -0.15) is 0 Å². The van der Waals surface area contributed by atoms with E-state index in [9.17, 15) is 9.90 Å². The Hall–Kier alpha value is -0.810. The molecule has 2 rings (SSSR count). The Balaban J connectivity index is 1.63. The van der Waals surface area contributed by atoms with Crippen LogP contribution in [0, 0.1) is 5.92 Å². The molecule has 0 aromatic rings. The number of urea groups is 1. The van der Waals surface area contributed by atoms with E-state index >= 15 is 0 Å². The molecule has 116 valence electrons. The maximum atomic E-state index is 11.8. The predicted octanol–water partition coefficient (Wildman–Crippen LogP) is 1.27. The summed E-state index contributed by atoms with van der Waals surface area (Å²) in [6, 6.07) is 0.679. The Kier molecular flexibility index (Phi) is 5.66. The molecule has 1 saturated heterocycles. The van der Waals surface area contributed by atoms with Crippen molar-refractivity contribution in [1.82, 2.24) is 15.1 Å². The molecular weight excluding hydrogens is 254 g/mol. The molecule has 0 radical (unpaired) electrons. The average Bonchev–Trinajstić information content (AvgIpc) is 2.46. The van der Waals surface area contributed by atoms with Crippen LogP contribution in [0.2, 0.25) is 0 Å². The zero-order valence-electron chi connectivity index (χ0n) is 12.8. The van der Waals surface area contributed by atoms with Gasteiger partial charge in [-0.15, -0.1) is 0 Å². The second-order valence-electron chi connectivity index (χ2n) is 6.52. The monoisotopic (exact) mass is 283 g/mol. The van der Waals surface area contributed by atoms with E-state index in [1.807, 2.05) is 19.0 Å². The third kappa shape index (κ3) is 4.35. The van der Waals surface area contributed by atoms with Gasteiger partial charge in [0.2, 0.25) is 0 Å². The summed E-state index contributed by atoms with van der Waals surface area (Å²) in [5.41, 5.74) is 0. The molecule has 1 heterocycles. The van der Waals surface area contributed by atoms with Crippen molar-refractivity contribution in [2.75, 3.05) is 33.7 Å². The number of likely N-dealkylation sites (tertiary alicyclic amines) is 1. The number of hydrogen-bond acceptors (Lipinski definition) is 3. The van der Waals surface area contributed by atoms with Crippen LogP contribution in [0.1, 0.15) is 38.5 Å². The fourth-order valence-electron chi connectivity index (χ4n) is 3.24. The molecule has 5 nitrogen and oxygen atoms in total. The van der Waals surface area contributed by atoms with Gasteiger partial charge in [0.15, 0.2) is 0 Å². The first-order valence-electron chi connectivity index (χ1n) is 7.94. The van der Waals surface area contributed by atoms with E-state index in [0.717, 1.165) is 64.1 Å². The van der Waals surface area contributed by atoms with Gasteiger partial charge in [0, 0.05) is 33.2 Å². The molecule has 2 fully saturated rings. The Morgan fingerprint density at radius 3 is 2.30 bits per heavy atom. The quantitative estimate of drug-likeness (QED) is 0.820. The van der Waals surface area contributed by atoms with E-state index in [1.54, 1.807) is 4.90 Å². The van der Waals surface area contributed by atoms with Crippen molar-refractivity contribution >= 4 is 6.03 Å². The summed E-state index contributed by atoms with van der Waals surface area (Å²) in [5.74, 6) is 0.722. The SMILES string of the molecule is CN(C)C(=O)N1CCC(NCC2CCC(O)CC2)CC1. The highest BCUT2D eigenvalue weighted by Gasteiger charge is 2.25. The van der Waals surface area contributed by atoms with Crippen LogP contribution in [-0.2, 0) is 0 Å². The fourth-order valence-corrected chi connectivity index (χ4v) is 3.24. The first-order valence-corrected chi connectivity index (χ1v) is 7.94. The topological polar surface area (TPSA) is 55.8 Å². The van der Waals surface area contributed by atoms with Crippen molar-refractivity contribution < 1.29 is 9.90 Å². The number of amides is 2.